The predicted octanol–water partition coefficient (Wildman–Crippen LogP) is 0.515. The first-order chi connectivity index (χ1) is 3.15. The second-order valence-electron chi connectivity index (χ2n) is 0.746. The Morgan fingerprint density at radius 2 is 2.00 bits per heavy atom. The van der Waals surface area contributed by atoms with Crippen molar-refractivity contribution in [2.75, 3.05) is 0 Å². The van der Waals surface area contributed by atoms with Crippen LogP contribution in [0.4, 0.5) is 0 Å². The molecule has 38 valence electrons. The van der Waals surface area contributed by atoms with Gasteiger partial charge < -0.3 is 5.73 Å². The number of rotatable bonds is 0. The Balaban J connectivity index is 0. The third kappa shape index (κ3) is 280. The summed E-state index contributed by atoms with van der Waals surface area (Å²) in [4.78, 5) is 0. The molecule has 0 radical (unpaired) electrons. The summed E-state index contributed by atoms with van der Waals surface area (Å²) in [6.07, 6.45) is 0. The monoisotopic (exact) mass is 185 g/mol. The van der Waals surface area contributed by atoms with Crippen LogP contribution in [-0.2, 0) is 17.9 Å². The van der Waals surface area contributed by atoms with Gasteiger partial charge in [0.15, 0.2) is 0 Å². The third-order valence-corrected chi connectivity index (χ3v) is 0. The van der Waals surface area contributed by atoms with Crippen molar-refractivity contribution in [3.8, 4) is 0 Å². The van der Waals surface area contributed by atoms with Gasteiger partial charge in [0, 0.05) is 0 Å². The molecule has 7 heavy (non-hydrogen) atoms. The summed E-state index contributed by atoms with van der Waals surface area (Å²) in [5.41, 5.74) is 4.71. The van der Waals surface area contributed by atoms with Crippen LogP contribution in [0.15, 0.2) is 0 Å². The summed E-state index contributed by atoms with van der Waals surface area (Å²) >= 11 is 8.97. The summed E-state index contributed by atoms with van der Waals surface area (Å²) in [6.45, 7) is 2.06. The van der Waals surface area contributed by atoms with E-state index in [1.807, 2.05) is 0 Å². The molecule has 0 rings (SSSR count). The fourth-order valence-corrected chi connectivity index (χ4v) is 0. The van der Waals surface area contributed by atoms with Crippen LogP contribution in [0.5, 0.6) is 0 Å². The summed E-state index contributed by atoms with van der Waals surface area (Å²) in [5.74, 6) is 0. The normalized spacial score (nSPS) is 5.71. The van der Waals surface area contributed by atoms with Gasteiger partial charge in [-0.3, -0.25) is 0 Å². The van der Waals surface area contributed by atoms with Crippen LogP contribution in [-0.4, -0.2) is 8.93 Å². The Kier molecular flexibility index (Phi) is 15.1. The standard InChI is InChI=1S/C2H4.CH3NS2.Zn/c1-2;2-1(3)4;/h1H,2H3;(H3,2,3,4);. The van der Waals surface area contributed by atoms with Crippen molar-refractivity contribution in [2.45, 2.75) is 6.92 Å². The van der Waals surface area contributed by atoms with E-state index < -0.39 is 0 Å². The van der Waals surface area contributed by atoms with Crippen LogP contribution in [0, 0.1) is 0 Å². The van der Waals surface area contributed by atoms with Crippen molar-refractivity contribution < 1.29 is 17.9 Å². The molecular formula is C3H7NS2Zn. The Morgan fingerprint density at radius 3 is 2.00 bits per heavy atom. The van der Waals surface area contributed by atoms with Crippen LogP contribution >= 0.6 is 24.8 Å². The molecule has 2 N–H and O–H groups in total. The van der Waals surface area contributed by atoms with Crippen LogP contribution in [0.2, 0.25) is 0 Å². The van der Waals surface area contributed by atoms with Gasteiger partial charge in [-0.05, 0) is 0 Å². The second kappa shape index (κ2) is 9.88. The van der Waals surface area contributed by atoms with Crippen LogP contribution < -0.4 is 5.73 Å². The molecule has 0 unspecified atom stereocenters. The molecule has 0 aromatic rings. The van der Waals surface area contributed by atoms with Crippen molar-refractivity contribution in [1.29, 1.82) is 0 Å². The number of hydrogen-bond acceptors (Lipinski definition) is 1. The number of thiol groups is 1. The summed E-state index contributed by atoms with van der Waals surface area (Å²) in [7, 11) is 0. The first-order valence-corrected chi connectivity index (χ1v) is 4.27. The molecule has 0 bridgehead atoms. The van der Waals surface area contributed by atoms with E-state index in [0.29, 0.717) is 0 Å². The Labute approximate surface area is 64.3 Å². The van der Waals surface area contributed by atoms with E-state index in [1.54, 1.807) is 0 Å². The quantitative estimate of drug-likeness (QED) is 0.328. The smallest absolute Gasteiger partial charge is 0.128 e. The molecule has 0 aromatic carbocycles. The summed E-state index contributed by atoms with van der Waals surface area (Å²) in [6, 6.07) is 0. The van der Waals surface area contributed by atoms with E-state index >= 15 is 0 Å². The molecule has 0 heterocycles. The maximum absolute atomic E-state index is 4.71. The van der Waals surface area contributed by atoms with E-state index in [-0.39, 0.29) is 4.32 Å². The predicted molar refractivity (Wildman–Crippen MR) is 37.5 cm³/mol. The number of hydrogen-bond donors (Lipinski definition) is 2. The molecule has 1 nitrogen and oxygen atoms in total. The molecule has 0 aliphatic carbocycles. The van der Waals surface area contributed by atoms with Crippen molar-refractivity contribution in [2.24, 2.45) is 5.73 Å². The van der Waals surface area contributed by atoms with Gasteiger partial charge in [0.05, 0.1) is 0 Å². The minimum Gasteiger partial charge on any atom is -0.385 e. The molecule has 0 aliphatic heterocycles. The van der Waals surface area contributed by atoms with Crippen LogP contribution in [0.3, 0.4) is 0 Å². The largest absolute Gasteiger partial charge is 0.385 e. The first-order valence-electron chi connectivity index (χ1n) is 1.70. The average Bonchev–Trinajstić information content (AvgIpc) is 1.33. The van der Waals surface area contributed by atoms with Gasteiger partial charge in [0.1, 0.15) is 4.32 Å². The number of thiocarbonyl (C=S) groups is 1. The van der Waals surface area contributed by atoms with Gasteiger partial charge in [-0.15, -0.1) is 12.6 Å². The van der Waals surface area contributed by atoms with E-state index in [4.69, 9.17) is 5.73 Å². The van der Waals surface area contributed by atoms with Crippen LogP contribution in [0.1, 0.15) is 6.92 Å². The molecule has 0 amide bonds. The first kappa shape index (κ1) is 10.7. The summed E-state index contributed by atoms with van der Waals surface area (Å²) < 4.78 is 2.32. The maximum atomic E-state index is 4.71. The Hall–Kier alpha value is 0.733. The van der Waals surface area contributed by atoms with E-state index in [9.17, 15) is 0 Å². The van der Waals surface area contributed by atoms with Crippen molar-refractivity contribution in [3.63, 3.8) is 0 Å². The Bertz CT molecular complexity index is 60.0. The second-order valence-corrected chi connectivity index (χ2v) is 3.68. The molecule has 0 saturated carbocycles. The van der Waals surface area contributed by atoms with E-state index in [2.05, 4.69) is 36.4 Å². The molecule has 0 fully saturated rings. The van der Waals surface area contributed by atoms with Gasteiger partial charge in [0.2, 0.25) is 0 Å². The minimum atomic E-state index is 0.194. The number of nitrogens with two attached hydrogens (primary N) is 1. The van der Waals surface area contributed by atoms with Crippen molar-refractivity contribution in [1.82, 2.24) is 0 Å². The third-order valence-electron chi connectivity index (χ3n) is 0. The fraction of sp³-hybridized carbons (Fsp3) is 0.333. The van der Waals surface area contributed by atoms with Gasteiger partial charge >= 0.3 is 29.4 Å². The average molecular weight is 187 g/mol. The van der Waals surface area contributed by atoms with Crippen LogP contribution in [0.25, 0.3) is 0 Å². The van der Waals surface area contributed by atoms with Crippen molar-refractivity contribution >= 4 is 33.8 Å². The zero-order valence-electron chi connectivity index (χ0n) is 4.22. The summed E-state index contributed by atoms with van der Waals surface area (Å²) in [5, 5.41) is 0. The Morgan fingerprint density at radius 1 is 2.00 bits per heavy atom. The van der Waals surface area contributed by atoms with Gasteiger partial charge in [-0.1, -0.05) is 12.2 Å². The van der Waals surface area contributed by atoms with Crippen molar-refractivity contribution in [3.05, 3.63) is 0 Å². The zero-order valence-corrected chi connectivity index (χ0v) is 8.90. The van der Waals surface area contributed by atoms with E-state index in [1.165, 1.54) is 17.9 Å². The molecular weight excluding hydrogens is 180 g/mol. The topological polar surface area (TPSA) is 26.0 Å². The van der Waals surface area contributed by atoms with Gasteiger partial charge in [0.25, 0.3) is 0 Å². The molecule has 0 saturated heterocycles. The molecule has 4 heteroatoms. The minimum absolute atomic E-state index is 0.194. The maximum Gasteiger partial charge on any atom is 0.128 e. The zero-order chi connectivity index (χ0) is 6.28. The van der Waals surface area contributed by atoms with Gasteiger partial charge in [-0.2, -0.15) is 0 Å². The molecule has 0 atom stereocenters. The van der Waals surface area contributed by atoms with Gasteiger partial charge in [-0.25, -0.2) is 0 Å². The SMILES string of the molecule is C[CH]=[Zn].NC(=S)S. The fourth-order valence-electron chi connectivity index (χ4n) is 0. The van der Waals surface area contributed by atoms with E-state index in [0.717, 1.165) is 0 Å². The molecule has 0 spiro atoms. The molecule has 0 aliphatic rings. The molecule has 0 aromatic heterocycles.